The number of thiol groups is 1. The largest absolute Gasteiger partial charge is 0.493 e. The van der Waals surface area contributed by atoms with Crippen molar-refractivity contribution in [1.82, 2.24) is 0 Å². The minimum Gasteiger partial charge on any atom is -0.493 e. The van der Waals surface area contributed by atoms with E-state index in [2.05, 4.69) is 12.6 Å². The van der Waals surface area contributed by atoms with Gasteiger partial charge < -0.3 is 14.9 Å². The Morgan fingerprint density at radius 3 is 2.62 bits per heavy atom. The Hall–Kier alpha value is -0.710. The van der Waals surface area contributed by atoms with Gasteiger partial charge in [0.05, 0.1) is 12.7 Å². The van der Waals surface area contributed by atoms with Gasteiger partial charge in [-0.25, -0.2) is 0 Å². The molecule has 0 aromatic heterocycles. The molecule has 16 heavy (non-hydrogen) atoms. The third kappa shape index (κ3) is 3.40. The predicted molar refractivity (Wildman–Crippen MR) is 67.0 cm³/mol. The molecule has 90 valence electrons. The minimum atomic E-state index is -0.921. The molecule has 0 spiro atoms. The van der Waals surface area contributed by atoms with Crippen molar-refractivity contribution >= 4 is 12.6 Å². The normalized spacial score (nSPS) is 14.5. The van der Waals surface area contributed by atoms with Gasteiger partial charge in [-0.2, -0.15) is 12.6 Å². The van der Waals surface area contributed by atoms with Crippen LogP contribution in [0.1, 0.15) is 25.0 Å². The topological polar surface area (TPSA) is 49.7 Å². The Kier molecular flexibility index (Phi) is 5.66. The van der Waals surface area contributed by atoms with Gasteiger partial charge >= 0.3 is 0 Å². The summed E-state index contributed by atoms with van der Waals surface area (Å²) in [6, 6.07) is 7.20. The lowest BCUT2D eigenvalue weighted by Crippen LogP contribution is -2.19. The highest BCUT2D eigenvalue weighted by Crippen LogP contribution is 2.28. The standard InChI is InChI=1S/C12H18O3S/c1-2-15-11-6-4-3-5-9(11)12(14)10(13)7-8-16/h3-6,10,12-14,16H,2,7-8H2,1H3. The van der Waals surface area contributed by atoms with E-state index in [0.717, 1.165) is 0 Å². The van der Waals surface area contributed by atoms with Crippen LogP contribution >= 0.6 is 12.6 Å². The fourth-order valence-electron chi connectivity index (χ4n) is 1.51. The molecule has 3 nitrogen and oxygen atoms in total. The van der Waals surface area contributed by atoms with Gasteiger partial charge in [0.2, 0.25) is 0 Å². The molecule has 0 fully saturated rings. The van der Waals surface area contributed by atoms with Crippen molar-refractivity contribution in [3.05, 3.63) is 29.8 Å². The second kappa shape index (κ2) is 6.78. The smallest absolute Gasteiger partial charge is 0.125 e. The van der Waals surface area contributed by atoms with Gasteiger partial charge in [-0.1, -0.05) is 18.2 Å². The first-order chi connectivity index (χ1) is 7.70. The Morgan fingerprint density at radius 2 is 2.00 bits per heavy atom. The molecule has 1 aromatic rings. The zero-order valence-corrected chi connectivity index (χ0v) is 10.2. The maximum absolute atomic E-state index is 9.96. The number of hydrogen-bond acceptors (Lipinski definition) is 4. The van der Waals surface area contributed by atoms with Crippen LogP contribution in [0, 0.1) is 0 Å². The van der Waals surface area contributed by atoms with E-state index in [1.165, 1.54) is 0 Å². The van der Waals surface area contributed by atoms with Crippen LogP contribution in [0.5, 0.6) is 5.75 Å². The molecule has 0 radical (unpaired) electrons. The molecule has 0 aliphatic rings. The van der Waals surface area contributed by atoms with Crippen LogP contribution < -0.4 is 4.74 Å². The highest BCUT2D eigenvalue weighted by Gasteiger charge is 2.20. The van der Waals surface area contributed by atoms with Crippen molar-refractivity contribution in [2.75, 3.05) is 12.4 Å². The van der Waals surface area contributed by atoms with Gasteiger partial charge in [0.15, 0.2) is 0 Å². The van der Waals surface area contributed by atoms with Crippen LogP contribution in [0.25, 0.3) is 0 Å². The molecule has 2 unspecified atom stereocenters. The van der Waals surface area contributed by atoms with E-state index >= 15 is 0 Å². The van der Waals surface area contributed by atoms with Crippen molar-refractivity contribution in [3.8, 4) is 5.75 Å². The first kappa shape index (κ1) is 13.4. The number of para-hydroxylation sites is 1. The van der Waals surface area contributed by atoms with Crippen molar-refractivity contribution in [2.24, 2.45) is 0 Å². The summed E-state index contributed by atoms with van der Waals surface area (Å²) in [5.74, 6) is 1.16. The average molecular weight is 242 g/mol. The number of aliphatic hydroxyl groups is 2. The van der Waals surface area contributed by atoms with E-state index in [4.69, 9.17) is 4.74 Å². The monoisotopic (exact) mass is 242 g/mol. The summed E-state index contributed by atoms with van der Waals surface area (Å²) in [5, 5.41) is 19.7. The summed E-state index contributed by atoms with van der Waals surface area (Å²) in [6.07, 6.45) is -1.28. The average Bonchev–Trinajstić information content (AvgIpc) is 2.29. The van der Waals surface area contributed by atoms with E-state index in [1.807, 2.05) is 19.1 Å². The molecule has 0 saturated carbocycles. The van der Waals surface area contributed by atoms with E-state index in [9.17, 15) is 10.2 Å². The SMILES string of the molecule is CCOc1ccccc1C(O)C(O)CCS. The Morgan fingerprint density at radius 1 is 1.31 bits per heavy atom. The highest BCUT2D eigenvalue weighted by molar-refractivity contribution is 7.80. The van der Waals surface area contributed by atoms with E-state index < -0.39 is 12.2 Å². The lowest BCUT2D eigenvalue weighted by atomic mass is 10.0. The first-order valence-electron chi connectivity index (χ1n) is 5.39. The van der Waals surface area contributed by atoms with Crippen molar-refractivity contribution in [2.45, 2.75) is 25.6 Å². The Bertz CT molecular complexity index is 317. The summed E-state index contributed by atoms with van der Waals surface area (Å²) >= 11 is 4.03. The zero-order valence-electron chi connectivity index (χ0n) is 9.34. The Balaban J connectivity index is 2.84. The van der Waals surface area contributed by atoms with E-state index in [-0.39, 0.29) is 0 Å². The van der Waals surface area contributed by atoms with Crippen LogP contribution in [-0.4, -0.2) is 28.7 Å². The second-order valence-electron chi connectivity index (χ2n) is 3.50. The van der Waals surface area contributed by atoms with Crippen LogP contribution in [0.2, 0.25) is 0 Å². The van der Waals surface area contributed by atoms with E-state index in [1.54, 1.807) is 12.1 Å². The number of aliphatic hydroxyl groups excluding tert-OH is 2. The fourth-order valence-corrected chi connectivity index (χ4v) is 1.77. The highest BCUT2D eigenvalue weighted by atomic mass is 32.1. The number of ether oxygens (including phenoxy) is 1. The number of rotatable bonds is 6. The molecular weight excluding hydrogens is 224 g/mol. The van der Waals surface area contributed by atoms with Crippen LogP contribution in [-0.2, 0) is 0 Å². The van der Waals surface area contributed by atoms with E-state index in [0.29, 0.717) is 30.1 Å². The second-order valence-corrected chi connectivity index (χ2v) is 3.94. The van der Waals surface area contributed by atoms with Gasteiger partial charge in [-0.15, -0.1) is 0 Å². The molecule has 0 heterocycles. The molecule has 4 heteroatoms. The first-order valence-corrected chi connectivity index (χ1v) is 6.02. The zero-order chi connectivity index (χ0) is 12.0. The maximum atomic E-state index is 9.96. The van der Waals surface area contributed by atoms with Crippen molar-refractivity contribution in [3.63, 3.8) is 0 Å². The lowest BCUT2D eigenvalue weighted by molar-refractivity contribution is 0.0156. The van der Waals surface area contributed by atoms with Crippen LogP contribution in [0.3, 0.4) is 0 Å². The maximum Gasteiger partial charge on any atom is 0.125 e. The minimum absolute atomic E-state index is 0.449. The third-order valence-corrected chi connectivity index (χ3v) is 2.59. The van der Waals surface area contributed by atoms with Crippen LogP contribution in [0.4, 0.5) is 0 Å². The summed E-state index contributed by atoms with van der Waals surface area (Å²) in [4.78, 5) is 0. The molecule has 0 amide bonds. The molecule has 1 aromatic carbocycles. The van der Waals surface area contributed by atoms with Gasteiger partial charge in [0.25, 0.3) is 0 Å². The predicted octanol–water partition coefficient (Wildman–Crippen LogP) is 1.80. The summed E-state index contributed by atoms with van der Waals surface area (Å²) in [5.41, 5.74) is 0.624. The molecule has 2 N–H and O–H groups in total. The quantitative estimate of drug-likeness (QED) is 0.667. The number of benzene rings is 1. The van der Waals surface area contributed by atoms with Gasteiger partial charge in [0, 0.05) is 5.56 Å². The molecule has 0 aliphatic carbocycles. The fraction of sp³-hybridized carbons (Fsp3) is 0.500. The van der Waals surface area contributed by atoms with Crippen molar-refractivity contribution in [1.29, 1.82) is 0 Å². The van der Waals surface area contributed by atoms with Gasteiger partial charge in [-0.05, 0) is 25.2 Å². The molecule has 0 saturated heterocycles. The molecular formula is C12H18O3S. The lowest BCUT2D eigenvalue weighted by Gasteiger charge is -2.20. The molecule has 1 rings (SSSR count). The Labute approximate surface area is 101 Å². The number of hydrogen-bond donors (Lipinski definition) is 3. The van der Waals surface area contributed by atoms with Crippen LogP contribution in [0.15, 0.2) is 24.3 Å². The molecule has 2 atom stereocenters. The van der Waals surface area contributed by atoms with Gasteiger partial charge in [-0.3, -0.25) is 0 Å². The molecule has 0 aliphatic heterocycles. The van der Waals surface area contributed by atoms with Gasteiger partial charge in [0.1, 0.15) is 11.9 Å². The summed E-state index contributed by atoms with van der Waals surface area (Å²) < 4.78 is 5.40. The summed E-state index contributed by atoms with van der Waals surface area (Å²) in [7, 11) is 0. The van der Waals surface area contributed by atoms with Crippen molar-refractivity contribution < 1.29 is 14.9 Å². The summed E-state index contributed by atoms with van der Waals surface area (Å²) in [6.45, 7) is 2.42. The molecule has 0 bridgehead atoms. The third-order valence-electron chi connectivity index (χ3n) is 2.33.